The zero-order chi connectivity index (χ0) is 12.0. The van der Waals surface area contributed by atoms with Crippen molar-refractivity contribution in [1.29, 1.82) is 0 Å². The summed E-state index contributed by atoms with van der Waals surface area (Å²) in [4.78, 5) is 14.1. The second-order valence-electron chi connectivity index (χ2n) is 5.04. The highest BCUT2D eigenvalue weighted by Crippen LogP contribution is 2.40. The molecule has 1 aromatic rings. The molecule has 0 spiro atoms. The van der Waals surface area contributed by atoms with Crippen LogP contribution in [0.25, 0.3) is 0 Å². The molecule has 17 heavy (non-hydrogen) atoms. The van der Waals surface area contributed by atoms with Crippen molar-refractivity contribution in [3.05, 3.63) is 23.9 Å². The van der Waals surface area contributed by atoms with Crippen LogP contribution in [0.1, 0.15) is 34.6 Å². The lowest BCUT2D eigenvalue weighted by molar-refractivity contribution is 0.0735. The molecule has 1 aromatic heterocycles. The minimum atomic E-state index is -0.189. The van der Waals surface area contributed by atoms with Crippen molar-refractivity contribution in [2.75, 3.05) is 13.6 Å². The number of carbonyl (C=O) groups excluding carboxylic acids is 1. The molecule has 5 nitrogen and oxygen atoms in total. The Bertz CT molecular complexity index is 461. The molecule has 2 N–H and O–H groups in total. The lowest BCUT2D eigenvalue weighted by Gasteiger charge is -2.24. The summed E-state index contributed by atoms with van der Waals surface area (Å²) in [5, 5.41) is 10.4. The van der Waals surface area contributed by atoms with Gasteiger partial charge in [0.25, 0.3) is 5.91 Å². The van der Waals surface area contributed by atoms with Gasteiger partial charge in [-0.05, 0) is 19.8 Å². The van der Waals surface area contributed by atoms with Crippen LogP contribution in [0.4, 0.5) is 0 Å². The highest BCUT2D eigenvalue weighted by molar-refractivity contribution is 5.94. The summed E-state index contributed by atoms with van der Waals surface area (Å²) in [6.07, 6.45) is 2.88. The molecule has 0 aromatic carbocycles. The SMILES string of the molecule is [CH2]C1(N(C)C(=O)c2n[nH]c3c2CNCC3)CC1. The van der Waals surface area contributed by atoms with Gasteiger partial charge in [0.15, 0.2) is 5.69 Å². The maximum atomic E-state index is 12.3. The third kappa shape index (κ3) is 1.65. The van der Waals surface area contributed by atoms with Crippen LogP contribution in [-0.4, -0.2) is 40.1 Å². The Kier molecular flexibility index (Phi) is 2.26. The van der Waals surface area contributed by atoms with E-state index in [0.717, 1.165) is 43.6 Å². The van der Waals surface area contributed by atoms with Crippen LogP contribution in [0.5, 0.6) is 0 Å². The number of amides is 1. The topological polar surface area (TPSA) is 61.0 Å². The van der Waals surface area contributed by atoms with Crippen LogP contribution in [0.3, 0.4) is 0 Å². The number of H-pyrrole nitrogens is 1. The summed E-state index contributed by atoms with van der Waals surface area (Å²) in [5.41, 5.74) is 2.49. The Labute approximate surface area is 101 Å². The van der Waals surface area contributed by atoms with Gasteiger partial charge in [-0.3, -0.25) is 9.89 Å². The Morgan fingerprint density at radius 3 is 3.00 bits per heavy atom. The molecule has 2 aliphatic rings. The van der Waals surface area contributed by atoms with Gasteiger partial charge in [0.1, 0.15) is 0 Å². The van der Waals surface area contributed by atoms with Crippen LogP contribution in [0.2, 0.25) is 0 Å². The maximum absolute atomic E-state index is 12.3. The van der Waals surface area contributed by atoms with Crippen LogP contribution < -0.4 is 5.32 Å². The van der Waals surface area contributed by atoms with E-state index in [2.05, 4.69) is 22.4 Å². The first kappa shape index (κ1) is 10.8. The number of nitrogens with zero attached hydrogens (tertiary/aromatic N) is 2. The van der Waals surface area contributed by atoms with Crippen molar-refractivity contribution in [1.82, 2.24) is 20.4 Å². The van der Waals surface area contributed by atoms with Crippen molar-refractivity contribution >= 4 is 5.91 Å². The summed E-state index contributed by atoms with van der Waals surface area (Å²) in [7, 11) is 1.82. The van der Waals surface area contributed by atoms with E-state index >= 15 is 0 Å². The monoisotopic (exact) mass is 233 g/mol. The number of aromatic nitrogens is 2. The molecule has 1 saturated carbocycles. The summed E-state index contributed by atoms with van der Waals surface area (Å²) in [6, 6.07) is 0. The van der Waals surface area contributed by atoms with E-state index in [1.165, 1.54) is 0 Å². The van der Waals surface area contributed by atoms with Gasteiger partial charge in [0.05, 0.1) is 0 Å². The van der Waals surface area contributed by atoms with E-state index < -0.39 is 0 Å². The highest BCUT2D eigenvalue weighted by atomic mass is 16.2. The predicted octanol–water partition coefficient (Wildman–Crippen LogP) is 0.494. The lowest BCUT2D eigenvalue weighted by Crippen LogP contribution is -2.38. The molecule has 3 rings (SSSR count). The quantitative estimate of drug-likeness (QED) is 0.781. The van der Waals surface area contributed by atoms with E-state index in [4.69, 9.17) is 0 Å². The third-order valence-corrected chi connectivity index (χ3v) is 3.85. The molecule has 0 unspecified atom stereocenters. The van der Waals surface area contributed by atoms with Gasteiger partial charge in [-0.2, -0.15) is 5.10 Å². The molecule has 0 atom stereocenters. The number of nitrogens with one attached hydrogen (secondary N) is 2. The standard InChI is InChI=1S/C12H17N4O/c1-12(4-5-12)16(2)11(17)10-8-7-13-6-3-9(8)14-15-10/h13H,1,3-7H2,2H3,(H,14,15). The van der Waals surface area contributed by atoms with Gasteiger partial charge < -0.3 is 10.2 Å². The van der Waals surface area contributed by atoms with Gasteiger partial charge in [-0.15, -0.1) is 0 Å². The molecule has 0 saturated heterocycles. The average molecular weight is 233 g/mol. The molecule has 1 amide bonds. The number of fused-ring (bicyclic) bond motifs is 1. The summed E-state index contributed by atoms with van der Waals surface area (Å²) < 4.78 is 0. The number of carbonyl (C=O) groups is 1. The fourth-order valence-electron chi connectivity index (χ4n) is 2.26. The largest absolute Gasteiger partial charge is 0.335 e. The maximum Gasteiger partial charge on any atom is 0.274 e. The van der Waals surface area contributed by atoms with Gasteiger partial charge >= 0.3 is 0 Å². The summed E-state index contributed by atoms with van der Waals surface area (Å²) in [6.45, 7) is 5.75. The average Bonchev–Trinajstić information content (AvgIpc) is 2.95. The second kappa shape index (κ2) is 3.57. The molecule has 1 aliphatic heterocycles. The van der Waals surface area contributed by atoms with E-state index in [1.807, 2.05) is 7.05 Å². The minimum Gasteiger partial charge on any atom is -0.335 e. The predicted molar refractivity (Wildman–Crippen MR) is 63.4 cm³/mol. The Morgan fingerprint density at radius 1 is 1.53 bits per heavy atom. The van der Waals surface area contributed by atoms with Crippen molar-refractivity contribution in [3.8, 4) is 0 Å². The van der Waals surface area contributed by atoms with E-state index in [1.54, 1.807) is 4.90 Å². The molecular weight excluding hydrogens is 216 g/mol. The van der Waals surface area contributed by atoms with Crippen molar-refractivity contribution in [3.63, 3.8) is 0 Å². The van der Waals surface area contributed by atoms with Crippen LogP contribution in [0, 0.1) is 6.92 Å². The van der Waals surface area contributed by atoms with Crippen molar-refractivity contribution in [2.45, 2.75) is 31.3 Å². The molecule has 1 fully saturated rings. The summed E-state index contributed by atoms with van der Waals surface area (Å²) >= 11 is 0. The summed E-state index contributed by atoms with van der Waals surface area (Å²) in [5.74, 6) is -0.0151. The number of rotatable bonds is 2. The molecular formula is C12H17N4O. The van der Waals surface area contributed by atoms with Crippen molar-refractivity contribution < 1.29 is 4.79 Å². The van der Waals surface area contributed by atoms with Gasteiger partial charge in [-0.1, -0.05) is 0 Å². The first-order valence-corrected chi connectivity index (χ1v) is 6.02. The molecule has 5 heteroatoms. The van der Waals surface area contributed by atoms with Crippen molar-refractivity contribution in [2.24, 2.45) is 0 Å². The Morgan fingerprint density at radius 2 is 2.29 bits per heavy atom. The lowest BCUT2D eigenvalue weighted by atomic mass is 10.1. The zero-order valence-corrected chi connectivity index (χ0v) is 10.0. The van der Waals surface area contributed by atoms with Crippen LogP contribution >= 0.6 is 0 Å². The third-order valence-electron chi connectivity index (χ3n) is 3.85. The van der Waals surface area contributed by atoms with E-state index in [-0.39, 0.29) is 11.4 Å². The van der Waals surface area contributed by atoms with Gasteiger partial charge in [0.2, 0.25) is 0 Å². The number of hydrogen-bond acceptors (Lipinski definition) is 3. The number of aromatic amines is 1. The highest BCUT2D eigenvalue weighted by Gasteiger charge is 2.45. The Hall–Kier alpha value is -1.36. The van der Waals surface area contributed by atoms with E-state index in [0.29, 0.717) is 5.69 Å². The molecule has 1 radical (unpaired) electrons. The molecule has 91 valence electrons. The first-order chi connectivity index (χ1) is 8.12. The first-order valence-electron chi connectivity index (χ1n) is 6.02. The van der Waals surface area contributed by atoms with E-state index in [9.17, 15) is 4.79 Å². The van der Waals surface area contributed by atoms with Crippen LogP contribution in [-0.2, 0) is 13.0 Å². The minimum absolute atomic E-state index is 0.0151. The molecule has 2 heterocycles. The molecule has 0 bridgehead atoms. The fraction of sp³-hybridized carbons (Fsp3) is 0.583. The van der Waals surface area contributed by atoms with Crippen LogP contribution in [0.15, 0.2) is 0 Å². The fourth-order valence-corrected chi connectivity index (χ4v) is 2.26. The number of hydrogen-bond donors (Lipinski definition) is 2. The van der Waals surface area contributed by atoms with Gasteiger partial charge in [-0.25, -0.2) is 0 Å². The smallest absolute Gasteiger partial charge is 0.274 e. The second-order valence-corrected chi connectivity index (χ2v) is 5.04. The Balaban J connectivity index is 1.88. The molecule has 1 aliphatic carbocycles. The van der Waals surface area contributed by atoms with Gasteiger partial charge in [0, 0.05) is 43.4 Å². The zero-order valence-electron chi connectivity index (χ0n) is 10.0. The normalized spacial score (nSPS) is 20.8.